The summed E-state index contributed by atoms with van der Waals surface area (Å²) < 4.78 is 5.22. The Bertz CT molecular complexity index is 337. The molecule has 0 aliphatic carbocycles. The van der Waals surface area contributed by atoms with Gasteiger partial charge in [-0.3, -0.25) is 0 Å². The van der Waals surface area contributed by atoms with Crippen LogP contribution in [0.1, 0.15) is 23.6 Å². The van der Waals surface area contributed by atoms with Gasteiger partial charge in [0.2, 0.25) is 0 Å². The third kappa shape index (κ3) is 3.83. The fourth-order valence-electron chi connectivity index (χ4n) is 1.51. The smallest absolute Gasteiger partial charge is 0.120 e. The van der Waals surface area contributed by atoms with Gasteiger partial charge >= 0.3 is 0 Å². The Balaban J connectivity index is 2.45. The number of ether oxygens (including phenoxy) is 1. The van der Waals surface area contributed by atoms with E-state index in [1.807, 2.05) is 26.0 Å². The largest absolute Gasteiger partial charge is 0.508 e. The van der Waals surface area contributed by atoms with Gasteiger partial charge in [-0.2, -0.15) is 0 Å². The molecule has 0 heterocycles. The third-order valence-corrected chi connectivity index (χ3v) is 2.64. The standard InChI is InChI=1S/C13H21NO2/c1-4-16-6-5-14-9-12-7-10(2)11(3)8-13(12)15/h7-8,14-15H,4-6,9H2,1-3H3. The Morgan fingerprint density at radius 2 is 1.94 bits per heavy atom. The number of hydrogen-bond acceptors (Lipinski definition) is 3. The van der Waals surface area contributed by atoms with Crippen LogP contribution in [-0.2, 0) is 11.3 Å². The molecule has 0 aliphatic rings. The molecule has 0 fully saturated rings. The van der Waals surface area contributed by atoms with Crippen LogP contribution in [0, 0.1) is 13.8 Å². The summed E-state index contributed by atoms with van der Waals surface area (Å²) in [6, 6.07) is 3.84. The number of phenols is 1. The van der Waals surface area contributed by atoms with Crippen LogP contribution in [0.3, 0.4) is 0 Å². The average molecular weight is 223 g/mol. The van der Waals surface area contributed by atoms with Gasteiger partial charge in [0, 0.05) is 25.3 Å². The van der Waals surface area contributed by atoms with E-state index in [0.29, 0.717) is 18.9 Å². The number of benzene rings is 1. The molecule has 0 radical (unpaired) electrons. The van der Waals surface area contributed by atoms with Crippen LogP contribution in [-0.4, -0.2) is 24.9 Å². The number of aryl methyl sites for hydroxylation is 2. The highest BCUT2D eigenvalue weighted by atomic mass is 16.5. The molecule has 0 saturated carbocycles. The SMILES string of the molecule is CCOCCNCc1cc(C)c(C)cc1O. The summed E-state index contributed by atoms with van der Waals surface area (Å²) in [5, 5.41) is 13.0. The molecule has 0 unspecified atom stereocenters. The molecule has 0 amide bonds. The molecule has 3 nitrogen and oxygen atoms in total. The van der Waals surface area contributed by atoms with Crippen molar-refractivity contribution in [2.75, 3.05) is 19.8 Å². The minimum Gasteiger partial charge on any atom is -0.508 e. The summed E-state index contributed by atoms with van der Waals surface area (Å²) in [4.78, 5) is 0. The lowest BCUT2D eigenvalue weighted by Gasteiger charge is -2.09. The summed E-state index contributed by atoms with van der Waals surface area (Å²) in [5.74, 6) is 0.368. The van der Waals surface area contributed by atoms with Crippen LogP contribution in [0.4, 0.5) is 0 Å². The summed E-state index contributed by atoms with van der Waals surface area (Å²) >= 11 is 0. The molecule has 16 heavy (non-hydrogen) atoms. The summed E-state index contributed by atoms with van der Waals surface area (Å²) in [5.41, 5.74) is 3.27. The van der Waals surface area contributed by atoms with Gasteiger partial charge < -0.3 is 15.2 Å². The number of nitrogens with one attached hydrogen (secondary N) is 1. The first-order chi connectivity index (χ1) is 7.65. The van der Waals surface area contributed by atoms with E-state index in [9.17, 15) is 5.11 Å². The van der Waals surface area contributed by atoms with E-state index in [-0.39, 0.29) is 0 Å². The van der Waals surface area contributed by atoms with Gasteiger partial charge in [0.15, 0.2) is 0 Å². The van der Waals surface area contributed by atoms with E-state index < -0.39 is 0 Å². The lowest BCUT2D eigenvalue weighted by Crippen LogP contribution is -2.19. The summed E-state index contributed by atoms with van der Waals surface area (Å²) in [7, 11) is 0. The molecular formula is C13H21NO2. The van der Waals surface area contributed by atoms with Crippen molar-refractivity contribution in [1.29, 1.82) is 0 Å². The fraction of sp³-hybridized carbons (Fsp3) is 0.538. The third-order valence-electron chi connectivity index (χ3n) is 2.64. The van der Waals surface area contributed by atoms with E-state index in [2.05, 4.69) is 12.2 Å². The van der Waals surface area contributed by atoms with Crippen molar-refractivity contribution in [2.45, 2.75) is 27.3 Å². The van der Waals surface area contributed by atoms with Crippen LogP contribution in [0.25, 0.3) is 0 Å². The van der Waals surface area contributed by atoms with Crippen LogP contribution < -0.4 is 5.32 Å². The van der Waals surface area contributed by atoms with Gasteiger partial charge in [-0.15, -0.1) is 0 Å². The van der Waals surface area contributed by atoms with Crippen molar-refractivity contribution in [3.8, 4) is 5.75 Å². The summed E-state index contributed by atoms with van der Waals surface area (Å²) in [6.07, 6.45) is 0. The zero-order valence-corrected chi connectivity index (χ0v) is 10.3. The van der Waals surface area contributed by atoms with E-state index in [4.69, 9.17) is 4.74 Å². The van der Waals surface area contributed by atoms with Gasteiger partial charge in [0.25, 0.3) is 0 Å². The van der Waals surface area contributed by atoms with E-state index in [1.165, 1.54) is 5.56 Å². The average Bonchev–Trinajstić information content (AvgIpc) is 2.25. The van der Waals surface area contributed by atoms with Crippen LogP contribution in [0.5, 0.6) is 5.75 Å². The highest BCUT2D eigenvalue weighted by molar-refractivity contribution is 5.40. The Kier molecular flexibility index (Phi) is 5.29. The molecule has 2 N–H and O–H groups in total. The Labute approximate surface area is 97.4 Å². The number of phenolic OH excluding ortho intramolecular Hbond substituents is 1. The van der Waals surface area contributed by atoms with Gasteiger partial charge in [0.1, 0.15) is 5.75 Å². The molecular weight excluding hydrogens is 202 g/mol. The maximum atomic E-state index is 9.75. The van der Waals surface area contributed by atoms with E-state index in [0.717, 1.165) is 24.3 Å². The van der Waals surface area contributed by atoms with Crippen molar-refractivity contribution in [1.82, 2.24) is 5.32 Å². The predicted octanol–water partition coefficient (Wildman–Crippen LogP) is 2.14. The molecule has 0 bridgehead atoms. The van der Waals surface area contributed by atoms with Crippen LogP contribution >= 0.6 is 0 Å². The van der Waals surface area contributed by atoms with E-state index in [1.54, 1.807) is 0 Å². The zero-order valence-electron chi connectivity index (χ0n) is 10.3. The second-order valence-corrected chi connectivity index (χ2v) is 3.94. The number of hydrogen-bond donors (Lipinski definition) is 2. The molecule has 1 rings (SSSR count). The van der Waals surface area contributed by atoms with Gasteiger partial charge in [-0.05, 0) is 38.0 Å². The fourth-order valence-corrected chi connectivity index (χ4v) is 1.51. The normalized spacial score (nSPS) is 10.7. The molecule has 0 atom stereocenters. The van der Waals surface area contributed by atoms with Crippen LogP contribution in [0.2, 0.25) is 0 Å². The lowest BCUT2D eigenvalue weighted by atomic mass is 10.1. The molecule has 1 aromatic rings. The molecule has 0 spiro atoms. The van der Waals surface area contributed by atoms with Gasteiger partial charge in [-0.25, -0.2) is 0 Å². The predicted molar refractivity (Wildman–Crippen MR) is 65.8 cm³/mol. The lowest BCUT2D eigenvalue weighted by molar-refractivity contribution is 0.149. The topological polar surface area (TPSA) is 41.5 Å². The Morgan fingerprint density at radius 1 is 1.25 bits per heavy atom. The van der Waals surface area contributed by atoms with E-state index >= 15 is 0 Å². The maximum Gasteiger partial charge on any atom is 0.120 e. The van der Waals surface area contributed by atoms with Gasteiger partial charge in [-0.1, -0.05) is 6.07 Å². The monoisotopic (exact) mass is 223 g/mol. The first kappa shape index (κ1) is 13.0. The highest BCUT2D eigenvalue weighted by Crippen LogP contribution is 2.21. The second kappa shape index (κ2) is 6.51. The minimum absolute atomic E-state index is 0.368. The molecule has 0 saturated heterocycles. The quantitative estimate of drug-likeness (QED) is 0.726. The van der Waals surface area contributed by atoms with Crippen molar-refractivity contribution in [3.05, 3.63) is 28.8 Å². The molecule has 0 aromatic heterocycles. The molecule has 90 valence electrons. The molecule has 1 aromatic carbocycles. The Hall–Kier alpha value is -1.06. The van der Waals surface area contributed by atoms with Crippen molar-refractivity contribution in [2.24, 2.45) is 0 Å². The number of aromatic hydroxyl groups is 1. The Morgan fingerprint density at radius 3 is 2.62 bits per heavy atom. The second-order valence-electron chi connectivity index (χ2n) is 3.94. The van der Waals surface area contributed by atoms with Gasteiger partial charge in [0.05, 0.1) is 6.61 Å². The first-order valence-electron chi connectivity index (χ1n) is 5.72. The minimum atomic E-state index is 0.368. The van der Waals surface area contributed by atoms with Crippen molar-refractivity contribution in [3.63, 3.8) is 0 Å². The van der Waals surface area contributed by atoms with Crippen molar-refractivity contribution >= 4 is 0 Å². The highest BCUT2D eigenvalue weighted by Gasteiger charge is 2.03. The zero-order chi connectivity index (χ0) is 12.0. The van der Waals surface area contributed by atoms with Crippen molar-refractivity contribution < 1.29 is 9.84 Å². The molecule has 0 aliphatic heterocycles. The number of rotatable bonds is 6. The summed E-state index contributed by atoms with van der Waals surface area (Å²) in [6.45, 7) is 8.98. The maximum absolute atomic E-state index is 9.75. The molecule has 3 heteroatoms. The first-order valence-corrected chi connectivity index (χ1v) is 5.72. The van der Waals surface area contributed by atoms with Crippen LogP contribution in [0.15, 0.2) is 12.1 Å².